The summed E-state index contributed by atoms with van der Waals surface area (Å²) in [5.74, 6) is 5.16. The van der Waals surface area contributed by atoms with Gasteiger partial charge < -0.3 is 34.7 Å². The molecule has 0 aliphatic heterocycles. The van der Waals surface area contributed by atoms with Gasteiger partial charge in [0.05, 0.1) is 0 Å². The number of hydrogen-bond donors (Lipinski definition) is 3. The molecule has 3 N–H and O–H groups in total. The number of phenolic OH excluding ortho intramolecular Hbond substituents is 3. The Morgan fingerprint density at radius 1 is 0.281 bits per heavy atom. The Morgan fingerprint density at radius 2 is 0.533 bits per heavy atom. The summed E-state index contributed by atoms with van der Waals surface area (Å²) in [6, 6.07) is 91.6. The van der Waals surface area contributed by atoms with Gasteiger partial charge >= 0.3 is 380 Å². The Labute approximate surface area is 836 Å². The van der Waals surface area contributed by atoms with E-state index in [1.165, 1.54) is 50.4 Å². The standard InChI is InChI=1S/C26H28O2Si.C16H12O.3C12H17N.C10H8O.3C6H8N.3C5H10.3Mo/c1-26(2,3)29(4,5)28-23-17-9-13-19-11-7-15-21(25(19)23)20-14-6-10-18-12-8-16-22(27)24(18)20;17-15-11-5-9-13-8-4-10-14(16(13)15)12-6-2-1-3-7-12;3*1-8(2)10-6-5-7-11(9(3)4)12(10)13;11-10-7-3-5-8-4-1-2-6-9(8)10;3*1-5-3-4-6(2)7-5;3*1-5(2,3)4;;;/h6-17,27H,1-5H3;1-11,17H;3*5-9H,1-4H3;1-7,11H;3*3-4H,1-2H3;3*1H,2-4H3;;;/q;;;;;;3*-1;;;;;;. The first-order valence-corrected chi connectivity index (χ1v) is 56.6. The summed E-state index contributed by atoms with van der Waals surface area (Å²) >= 11 is -1.24. The summed E-state index contributed by atoms with van der Waals surface area (Å²) in [5, 5.41) is 38.2. The van der Waals surface area contributed by atoms with Crippen LogP contribution in [0.2, 0.25) is 18.1 Å². The predicted molar refractivity (Wildman–Crippen MR) is 577 cm³/mol. The van der Waals surface area contributed by atoms with Crippen LogP contribution in [0.4, 0.5) is 17.1 Å². The van der Waals surface area contributed by atoms with Crippen LogP contribution in [0, 0.1) is 57.8 Å². The molecule has 10 nitrogen and oxygen atoms in total. The maximum Gasteiger partial charge on any atom is 0.124 e. The number of aryl methyl sites for hydroxylation is 6. The van der Waals surface area contributed by atoms with Crippen LogP contribution in [0.25, 0.3) is 65.3 Å². The molecule has 0 aliphatic carbocycles. The second-order valence-electron chi connectivity index (χ2n) is 41.3. The minimum Gasteiger partial charge on any atom is -0.665 e. The average molecular weight is 2070 g/mol. The minimum absolute atomic E-state index is 0.113. The summed E-state index contributed by atoms with van der Waals surface area (Å²) in [6.07, 6.45) is 0. The van der Waals surface area contributed by atoms with Crippen molar-refractivity contribution >= 4 is 81.7 Å². The summed E-state index contributed by atoms with van der Waals surface area (Å²) in [4.78, 5) is 12.3. The van der Waals surface area contributed by atoms with Crippen molar-refractivity contribution in [3.8, 4) is 45.3 Å². The van der Waals surface area contributed by atoms with E-state index in [1.807, 2.05) is 187 Å². The molecule has 15 rings (SSSR count). The quantitative estimate of drug-likeness (QED) is 0.0973. The number of nitrogens with zero attached hydrogens (tertiary/aromatic N) is 6. The zero-order chi connectivity index (χ0) is 99.9. The van der Waals surface area contributed by atoms with E-state index < -0.39 is 62.1 Å². The number of rotatable bonds is 13. The molecule has 135 heavy (non-hydrogen) atoms. The van der Waals surface area contributed by atoms with Crippen molar-refractivity contribution in [3.63, 3.8) is 0 Å². The van der Waals surface area contributed by atoms with Crippen molar-refractivity contribution in [2.45, 2.75) is 261 Å². The molecule has 0 aliphatic rings. The van der Waals surface area contributed by atoms with E-state index in [0.29, 0.717) is 52.8 Å². The van der Waals surface area contributed by atoms with Gasteiger partial charge in [-0.15, -0.1) is 0 Å². The smallest absolute Gasteiger partial charge is 0.124 e. The molecule has 0 saturated carbocycles. The van der Waals surface area contributed by atoms with Crippen molar-refractivity contribution in [1.29, 1.82) is 0 Å². The first kappa shape index (κ1) is 112. The van der Waals surface area contributed by atoms with Crippen molar-refractivity contribution < 1.29 is 73.5 Å². The third kappa shape index (κ3) is 35.8. The molecule has 14 heteroatoms. The average Bonchev–Trinajstić information content (AvgIpc) is 0.926. The minimum atomic E-state index is -2.00. The molecule has 0 radical (unpaired) electrons. The molecule has 0 saturated heterocycles. The van der Waals surface area contributed by atoms with E-state index in [9.17, 15) is 15.3 Å². The molecule has 0 amide bonds. The molecule has 12 aromatic carbocycles. The molecule has 716 valence electrons. The fourth-order valence-corrected chi connectivity index (χ4v) is 20.4. The molecule has 0 bridgehead atoms. The number of hydrogen-bond acceptors (Lipinski definition) is 7. The third-order valence-corrected chi connectivity index (χ3v) is 34.8. The molecular weight excluding hydrogens is 1920 g/mol. The number of aromatic nitrogens is 3. The van der Waals surface area contributed by atoms with Crippen molar-refractivity contribution in [1.82, 2.24) is 15.0 Å². The topological polar surface area (TPSA) is 149 Å². The normalized spacial score (nSPS) is 11.3. The van der Waals surface area contributed by atoms with Crippen LogP contribution in [-0.2, 0) is 53.8 Å². The number of phenols is 3. The maximum absolute atomic E-state index is 10.6. The zero-order valence-electron chi connectivity index (χ0n) is 86.8. The Bertz CT molecular complexity index is 6050. The number of benzene rings is 12. The van der Waals surface area contributed by atoms with Gasteiger partial charge in [-0.05, 0) is 86.2 Å². The summed E-state index contributed by atoms with van der Waals surface area (Å²) < 4.78 is 29.0. The SMILES string of the molecule is CC(C)(C)[Si](C)(C)Oc1cccc2cccc(-c3cccc4cccc(O)c34)c12.CC(C)c1cccc(C(C)C)c1[N]=[Mo]=[CH]C(C)(C)C.CC(C)c1cccc(C(C)C)c1[N]=[Mo]=[CH]C(C)(C)C.CC(C)c1cccc(C(C)C)c1[N]=[Mo]=[CH]C(C)(C)C.Cc1ccc(C)[n-]1.Cc1ccc(C)[n-]1.Cc1ccc(C)[n-]1.Oc1cccc2cccc(-c3ccccc3)c12.Oc1cccc2ccccc12. The van der Waals surface area contributed by atoms with Crippen LogP contribution in [-0.4, -0.2) is 36.8 Å². The second-order valence-corrected chi connectivity index (χ2v) is 50.6. The molecule has 3 aromatic heterocycles. The van der Waals surface area contributed by atoms with Gasteiger partial charge in [-0.1, -0.05) is 256 Å². The van der Waals surface area contributed by atoms with Crippen LogP contribution in [0.5, 0.6) is 23.0 Å². The van der Waals surface area contributed by atoms with E-state index in [2.05, 4.69) is 317 Å². The van der Waals surface area contributed by atoms with E-state index in [4.69, 9.17) is 14.9 Å². The molecule has 0 atom stereocenters. The Balaban J connectivity index is 0.000000214. The van der Waals surface area contributed by atoms with Crippen molar-refractivity contribution in [2.75, 3.05) is 0 Å². The van der Waals surface area contributed by atoms with Gasteiger partial charge in [0.15, 0.2) is 0 Å². The largest absolute Gasteiger partial charge is 0.665 e. The van der Waals surface area contributed by atoms with Gasteiger partial charge in [0.25, 0.3) is 8.32 Å². The Morgan fingerprint density at radius 3 is 0.830 bits per heavy atom. The third-order valence-electron chi connectivity index (χ3n) is 22.4. The molecule has 0 unspecified atom stereocenters. The van der Waals surface area contributed by atoms with Gasteiger partial charge in [-0.2, -0.15) is 34.2 Å². The molecule has 0 spiro atoms. The van der Waals surface area contributed by atoms with E-state index >= 15 is 0 Å². The molecular formula is C121H153Mo3N6O4Si-3. The maximum atomic E-state index is 10.6. The zero-order valence-corrected chi connectivity index (χ0v) is 93.9. The molecule has 0 fully saturated rings. The number of fused-ring (bicyclic) bond motifs is 4. The van der Waals surface area contributed by atoms with Crippen LogP contribution < -0.4 is 19.4 Å². The Hall–Kier alpha value is -9.99. The van der Waals surface area contributed by atoms with E-state index in [-0.39, 0.29) is 21.3 Å². The van der Waals surface area contributed by atoms with Crippen molar-refractivity contribution in [2.24, 2.45) is 26.7 Å². The van der Waals surface area contributed by atoms with Gasteiger partial charge in [0, 0.05) is 21.5 Å². The van der Waals surface area contributed by atoms with Gasteiger partial charge in [-0.3, -0.25) is 0 Å². The Kier molecular flexibility index (Phi) is 43.6. The fraction of sp³-hybridized carbons (Fsp3) is 0.347. The second kappa shape index (κ2) is 52.5. The predicted octanol–water partition coefficient (Wildman–Crippen LogP) is 35.3. The summed E-state index contributed by atoms with van der Waals surface area (Å²) in [7, 11) is -2.00. The van der Waals surface area contributed by atoms with E-state index in [0.717, 1.165) is 105 Å². The monoisotopic (exact) mass is 2080 g/mol. The summed E-state index contributed by atoms with van der Waals surface area (Å²) in [5.41, 5.74) is 24.1. The van der Waals surface area contributed by atoms with Crippen LogP contribution in [0.1, 0.15) is 269 Å². The fourth-order valence-electron chi connectivity index (χ4n) is 14.3. The first-order valence-electron chi connectivity index (χ1n) is 47.5. The number of aromatic hydroxyl groups is 3. The first-order chi connectivity index (χ1) is 63.5. The van der Waals surface area contributed by atoms with Gasteiger partial charge in [0.2, 0.25) is 0 Å². The van der Waals surface area contributed by atoms with E-state index in [1.54, 1.807) is 18.2 Å². The molecule has 3 heterocycles. The van der Waals surface area contributed by atoms with Crippen LogP contribution in [0.15, 0.2) is 283 Å². The summed E-state index contributed by atoms with van der Waals surface area (Å²) in [6.45, 7) is 70.7. The van der Waals surface area contributed by atoms with Crippen LogP contribution in [0.3, 0.4) is 0 Å². The molecule has 15 aromatic rings. The van der Waals surface area contributed by atoms with Gasteiger partial charge in [0.1, 0.15) is 23.0 Å². The van der Waals surface area contributed by atoms with Crippen LogP contribution >= 0.6 is 0 Å². The van der Waals surface area contributed by atoms with Crippen molar-refractivity contribution in [3.05, 3.63) is 341 Å². The van der Waals surface area contributed by atoms with Gasteiger partial charge in [-0.25, -0.2) is 0 Å².